The molecule has 2 heteroatoms. The van der Waals surface area contributed by atoms with Crippen molar-refractivity contribution in [2.24, 2.45) is 11.8 Å². The van der Waals surface area contributed by atoms with Crippen LogP contribution in [-0.2, 0) is 4.74 Å². The summed E-state index contributed by atoms with van der Waals surface area (Å²) < 4.78 is 5.82. The fourth-order valence-corrected chi connectivity index (χ4v) is 3.70. The van der Waals surface area contributed by atoms with Crippen molar-refractivity contribution < 1.29 is 4.74 Å². The van der Waals surface area contributed by atoms with E-state index in [-0.39, 0.29) is 0 Å². The summed E-state index contributed by atoms with van der Waals surface area (Å²) in [6.45, 7) is 6.85. The Morgan fingerprint density at radius 1 is 1.05 bits per heavy atom. The average molecular weight is 267 g/mol. The van der Waals surface area contributed by atoms with Crippen molar-refractivity contribution in [1.82, 2.24) is 5.32 Å². The van der Waals surface area contributed by atoms with Crippen LogP contribution in [-0.4, -0.2) is 25.3 Å². The van der Waals surface area contributed by atoms with Crippen LogP contribution in [0.15, 0.2) is 0 Å². The molecule has 1 aliphatic heterocycles. The summed E-state index contributed by atoms with van der Waals surface area (Å²) in [7, 11) is 0. The summed E-state index contributed by atoms with van der Waals surface area (Å²) in [5, 5.41) is 3.79. The summed E-state index contributed by atoms with van der Waals surface area (Å²) in [4.78, 5) is 0. The molecular weight excluding hydrogens is 234 g/mol. The Balaban J connectivity index is 1.57. The Morgan fingerprint density at radius 2 is 1.84 bits per heavy atom. The van der Waals surface area contributed by atoms with E-state index in [0.717, 1.165) is 18.4 Å². The van der Waals surface area contributed by atoms with Gasteiger partial charge in [-0.25, -0.2) is 0 Å². The first-order chi connectivity index (χ1) is 9.28. The predicted molar refractivity (Wildman–Crippen MR) is 81.4 cm³/mol. The molecule has 0 aromatic rings. The van der Waals surface area contributed by atoms with Crippen LogP contribution < -0.4 is 5.32 Å². The van der Waals surface area contributed by atoms with Gasteiger partial charge >= 0.3 is 0 Å². The fraction of sp³-hybridized carbons (Fsp3) is 1.00. The lowest BCUT2D eigenvalue weighted by Gasteiger charge is -2.31. The fourth-order valence-electron chi connectivity index (χ4n) is 3.70. The number of hydrogen-bond acceptors (Lipinski definition) is 2. The second-order valence-electron chi connectivity index (χ2n) is 6.87. The molecule has 0 spiro atoms. The molecule has 0 bridgehead atoms. The van der Waals surface area contributed by atoms with Gasteiger partial charge in [0, 0.05) is 12.6 Å². The molecule has 2 unspecified atom stereocenters. The Bertz CT molecular complexity index is 233. The predicted octanol–water partition coefficient (Wildman–Crippen LogP) is 4.14. The van der Waals surface area contributed by atoms with Gasteiger partial charge in [0.25, 0.3) is 0 Å². The smallest absolute Gasteiger partial charge is 0.0589 e. The van der Waals surface area contributed by atoms with E-state index in [1.54, 1.807) is 0 Å². The third-order valence-corrected chi connectivity index (χ3v) is 5.10. The van der Waals surface area contributed by atoms with Gasteiger partial charge in [-0.15, -0.1) is 0 Å². The summed E-state index contributed by atoms with van der Waals surface area (Å²) in [6, 6.07) is 0.716. The molecule has 112 valence electrons. The molecule has 2 rings (SSSR count). The third kappa shape index (κ3) is 5.43. The lowest BCUT2D eigenvalue weighted by Crippen LogP contribution is -2.39. The van der Waals surface area contributed by atoms with Gasteiger partial charge < -0.3 is 10.1 Å². The number of ether oxygens (including phenoxy) is 1. The third-order valence-electron chi connectivity index (χ3n) is 5.10. The van der Waals surface area contributed by atoms with Crippen molar-refractivity contribution in [3.63, 3.8) is 0 Å². The largest absolute Gasteiger partial charge is 0.378 e. The molecule has 1 aliphatic carbocycles. The Morgan fingerprint density at radius 3 is 2.58 bits per heavy atom. The zero-order valence-electron chi connectivity index (χ0n) is 13.0. The molecule has 0 aromatic carbocycles. The van der Waals surface area contributed by atoms with E-state index in [2.05, 4.69) is 19.2 Å². The van der Waals surface area contributed by atoms with Gasteiger partial charge in [0.2, 0.25) is 0 Å². The topological polar surface area (TPSA) is 21.3 Å². The summed E-state index contributed by atoms with van der Waals surface area (Å²) in [6.07, 6.45) is 12.7. The molecule has 19 heavy (non-hydrogen) atoms. The zero-order valence-corrected chi connectivity index (χ0v) is 13.0. The van der Waals surface area contributed by atoms with Gasteiger partial charge in [-0.3, -0.25) is 0 Å². The standard InChI is InChI=1S/C17H33NO/c1-3-4-17-13-16(10-12-19-17)18-11-9-15-7-5-14(2)6-8-15/h14-18H,3-13H2,1-2H3. The second kappa shape index (κ2) is 8.26. The highest BCUT2D eigenvalue weighted by molar-refractivity contribution is 4.78. The number of nitrogens with one attached hydrogen (secondary N) is 1. The quantitative estimate of drug-likeness (QED) is 0.781. The first-order valence-electron chi connectivity index (χ1n) is 8.63. The van der Waals surface area contributed by atoms with E-state index >= 15 is 0 Å². The molecule has 2 fully saturated rings. The average Bonchev–Trinajstić information content (AvgIpc) is 2.42. The normalized spacial score (nSPS) is 36.3. The van der Waals surface area contributed by atoms with Crippen molar-refractivity contribution in [2.45, 2.75) is 83.8 Å². The van der Waals surface area contributed by atoms with Crippen LogP contribution in [0.2, 0.25) is 0 Å². The maximum atomic E-state index is 5.82. The van der Waals surface area contributed by atoms with E-state index in [1.807, 2.05) is 0 Å². The van der Waals surface area contributed by atoms with Crippen LogP contribution >= 0.6 is 0 Å². The SMILES string of the molecule is CCCC1CC(NCCC2CCC(C)CC2)CCO1. The van der Waals surface area contributed by atoms with E-state index < -0.39 is 0 Å². The van der Waals surface area contributed by atoms with Crippen LogP contribution in [0.5, 0.6) is 0 Å². The highest BCUT2D eigenvalue weighted by Gasteiger charge is 2.22. The van der Waals surface area contributed by atoms with Crippen molar-refractivity contribution in [2.75, 3.05) is 13.2 Å². The van der Waals surface area contributed by atoms with E-state index in [9.17, 15) is 0 Å². The van der Waals surface area contributed by atoms with Gasteiger partial charge in [0.15, 0.2) is 0 Å². The van der Waals surface area contributed by atoms with Gasteiger partial charge in [-0.2, -0.15) is 0 Å². The highest BCUT2D eigenvalue weighted by Crippen LogP contribution is 2.30. The maximum Gasteiger partial charge on any atom is 0.0589 e. The summed E-state index contributed by atoms with van der Waals surface area (Å²) in [5.41, 5.74) is 0. The molecule has 1 heterocycles. The molecule has 2 atom stereocenters. The number of rotatable bonds is 6. The van der Waals surface area contributed by atoms with Gasteiger partial charge in [0.1, 0.15) is 0 Å². The Labute approximate surface area is 119 Å². The molecule has 0 amide bonds. The molecule has 1 saturated carbocycles. The van der Waals surface area contributed by atoms with Crippen molar-refractivity contribution in [3.05, 3.63) is 0 Å². The van der Waals surface area contributed by atoms with Gasteiger partial charge in [0.05, 0.1) is 6.10 Å². The first-order valence-corrected chi connectivity index (χ1v) is 8.63. The molecule has 1 saturated heterocycles. The summed E-state index contributed by atoms with van der Waals surface area (Å²) in [5.74, 6) is 1.98. The first kappa shape index (κ1) is 15.3. The van der Waals surface area contributed by atoms with E-state index in [4.69, 9.17) is 4.74 Å². The van der Waals surface area contributed by atoms with Crippen LogP contribution in [0.4, 0.5) is 0 Å². The van der Waals surface area contributed by atoms with Crippen LogP contribution in [0.1, 0.15) is 71.6 Å². The molecule has 1 N–H and O–H groups in total. The van der Waals surface area contributed by atoms with E-state index in [1.165, 1.54) is 64.3 Å². The number of hydrogen-bond donors (Lipinski definition) is 1. The van der Waals surface area contributed by atoms with Crippen LogP contribution in [0.25, 0.3) is 0 Å². The van der Waals surface area contributed by atoms with Crippen LogP contribution in [0, 0.1) is 11.8 Å². The monoisotopic (exact) mass is 267 g/mol. The lowest BCUT2D eigenvalue weighted by atomic mass is 9.81. The maximum absolute atomic E-state index is 5.82. The minimum absolute atomic E-state index is 0.520. The van der Waals surface area contributed by atoms with Crippen molar-refractivity contribution in [3.8, 4) is 0 Å². The lowest BCUT2D eigenvalue weighted by molar-refractivity contribution is -0.00333. The minimum atomic E-state index is 0.520. The Kier molecular flexibility index (Phi) is 6.66. The zero-order chi connectivity index (χ0) is 13.5. The molecule has 0 aromatic heterocycles. The molecular formula is C17H33NO. The van der Waals surface area contributed by atoms with Gasteiger partial charge in [-0.05, 0) is 44.1 Å². The van der Waals surface area contributed by atoms with Crippen molar-refractivity contribution in [1.29, 1.82) is 0 Å². The molecule has 0 radical (unpaired) electrons. The van der Waals surface area contributed by atoms with Gasteiger partial charge in [-0.1, -0.05) is 46.0 Å². The summed E-state index contributed by atoms with van der Waals surface area (Å²) >= 11 is 0. The highest BCUT2D eigenvalue weighted by atomic mass is 16.5. The molecule has 2 nitrogen and oxygen atoms in total. The minimum Gasteiger partial charge on any atom is -0.378 e. The van der Waals surface area contributed by atoms with Crippen molar-refractivity contribution >= 4 is 0 Å². The molecule has 2 aliphatic rings. The second-order valence-corrected chi connectivity index (χ2v) is 6.87. The van der Waals surface area contributed by atoms with Crippen LogP contribution in [0.3, 0.4) is 0 Å². The van der Waals surface area contributed by atoms with E-state index in [0.29, 0.717) is 12.1 Å². The Hall–Kier alpha value is -0.0800.